The Morgan fingerprint density at radius 1 is 1.33 bits per heavy atom. The van der Waals surface area contributed by atoms with Gasteiger partial charge in [0.25, 0.3) is 0 Å². The van der Waals surface area contributed by atoms with Gasteiger partial charge < -0.3 is 19.5 Å². The molecule has 0 saturated carbocycles. The molecule has 1 atom stereocenters. The molecular formula is C18H25NO5. The first-order valence-corrected chi connectivity index (χ1v) is 7.81. The molecule has 1 aromatic carbocycles. The Hall–Kier alpha value is -2.34. The van der Waals surface area contributed by atoms with Crippen molar-refractivity contribution in [2.45, 2.75) is 13.3 Å². The van der Waals surface area contributed by atoms with Crippen LogP contribution in [0.5, 0.6) is 5.75 Å². The monoisotopic (exact) mass is 335 g/mol. The summed E-state index contributed by atoms with van der Waals surface area (Å²) in [6.07, 6.45) is 3.60. The van der Waals surface area contributed by atoms with E-state index in [0.717, 1.165) is 5.56 Å². The van der Waals surface area contributed by atoms with Crippen molar-refractivity contribution in [3.63, 3.8) is 0 Å². The van der Waals surface area contributed by atoms with Crippen LogP contribution < -0.4 is 4.74 Å². The lowest BCUT2D eigenvalue weighted by Crippen LogP contribution is -2.37. The number of carbonyl (C=O) groups excluding carboxylic acids is 2. The highest BCUT2D eigenvalue weighted by Gasteiger charge is 2.19. The molecule has 0 heterocycles. The summed E-state index contributed by atoms with van der Waals surface area (Å²) in [5, 5.41) is 8.99. The Morgan fingerprint density at radius 3 is 2.71 bits per heavy atom. The number of benzene rings is 1. The van der Waals surface area contributed by atoms with E-state index in [1.165, 1.54) is 18.1 Å². The zero-order valence-electron chi connectivity index (χ0n) is 14.4. The molecule has 0 fully saturated rings. The second kappa shape index (κ2) is 10.4. The standard InChI is InChI=1S/C18H25NO5/c1-14(18(22)24-3)13-19(10-5-11-20)17(21)9-8-15-6-4-7-16(12-15)23-2/h4,6-9,12,14,20H,5,10-11,13H2,1-3H3/b9-8+. The van der Waals surface area contributed by atoms with Gasteiger partial charge in [-0.3, -0.25) is 9.59 Å². The lowest BCUT2D eigenvalue weighted by Gasteiger charge is -2.23. The predicted molar refractivity (Wildman–Crippen MR) is 91.5 cm³/mol. The third-order valence-electron chi connectivity index (χ3n) is 3.51. The number of rotatable bonds is 9. The Balaban J connectivity index is 2.78. The molecule has 24 heavy (non-hydrogen) atoms. The van der Waals surface area contributed by atoms with E-state index in [0.29, 0.717) is 18.7 Å². The van der Waals surface area contributed by atoms with Crippen LogP contribution in [0.2, 0.25) is 0 Å². The predicted octanol–water partition coefficient (Wildman–Crippen LogP) is 1.73. The third kappa shape index (κ3) is 6.42. The average molecular weight is 335 g/mol. The number of aliphatic hydroxyl groups excluding tert-OH is 1. The Morgan fingerprint density at radius 2 is 2.08 bits per heavy atom. The summed E-state index contributed by atoms with van der Waals surface area (Å²) in [5.41, 5.74) is 0.839. The van der Waals surface area contributed by atoms with Crippen LogP contribution in [-0.2, 0) is 14.3 Å². The molecule has 0 aliphatic heterocycles. The minimum Gasteiger partial charge on any atom is -0.497 e. The fourth-order valence-electron chi connectivity index (χ4n) is 2.18. The first-order chi connectivity index (χ1) is 11.5. The third-order valence-corrected chi connectivity index (χ3v) is 3.51. The van der Waals surface area contributed by atoms with Gasteiger partial charge in [0.15, 0.2) is 0 Å². The van der Waals surface area contributed by atoms with Gasteiger partial charge in [-0.15, -0.1) is 0 Å². The Labute approximate surface area is 142 Å². The van der Waals surface area contributed by atoms with Gasteiger partial charge in [-0.2, -0.15) is 0 Å². The number of amides is 1. The first-order valence-electron chi connectivity index (χ1n) is 7.81. The number of aliphatic hydroxyl groups is 1. The van der Waals surface area contributed by atoms with Gasteiger partial charge in [-0.05, 0) is 30.2 Å². The average Bonchev–Trinajstić information content (AvgIpc) is 2.62. The number of esters is 1. The number of methoxy groups -OCH3 is 2. The molecule has 0 aliphatic carbocycles. The maximum absolute atomic E-state index is 12.4. The maximum atomic E-state index is 12.4. The summed E-state index contributed by atoms with van der Waals surface area (Å²) >= 11 is 0. The molecule has 0 bridgehead atoms. The molecular weight excluding hydrogens is 310 g/mol. The maximum Gasteiger partial charge on any atom is 0.310 e. The molecule has 0 saturated heterocycles. The van der Waals surface area contributed by atoms with Crippen molar-refractivity contribution in [3.05, 3.63) is 35.9 Å². The van der Waals surface area contributed by atoms with E-state index in [1.807, 2.05) is 24.3 Å². The van der Waals surface area contributed by atoms with Gasteiger partial charge in [0.2, 0.25) is 5.91 Å². The zero-order valence-corrected chi connectivity index (χ0v) is 14.4. The van der Waals surface area contributed by atoms with Crippen molar-refractivity contribution in [2.24, 2.45) is 5.92 Å². The van der Waals surface area contributed by atoms with Crippen LogP contribution in [0.1, 0.15) is 18.9 Å². The highest BCUT2D eigenvalue weighted by molar-refractivity contribution is 5.92. The number of nitrogens with zero attached hydrogens (tertiary/aromatic N) is 1. The molecule has 6 nitrogen and oxygen atoms in total. The molecule has 1 amide bonds. The van der Waals surface area contributed by atoms with Gasteiger partial charge in [0, 0.05) is 25.8 Å². The van der Waals surface area contributed by atoms with E-state index in [-0.39, 0.29) is 25.0 Å². The second-order valence-corrected chi connectivity index (χ2v) is 5.40. The van der Waals surface area contributed by atoms with E-state index in [4.69, 9.17) is 14.6 Å². The van der Waals surface area contributed by atoms with Crippen molar-refractivity contribution in [1.29, 1.82) is 0 Å². The fraction of sp³-hybridized carbons (Fsp3) is 0.444. The second-order valence-electron chi connectivity index (χ2n) is 5.40. The SMILES string of the molecule is COC(=O)C(C)CN(CCCO)C(=O)/C=C/c1cccc(OC)c1. The molecule has 1 N–H and O–H groups in total. The smallest absolute Gasteiger partial charge is 0.310 e. The number of ether oxygens (including phenoxy) is 2. The number of hydrogen-bond acceptors (Lipinski definition) is 5. The van der Waals surface area contributed by atoms with E-state index in [1.54, 1.807) is 20.1 Å². The molecule has 1 aromatic rings. The Kier molecular flexibility index (Phi) is 8.57. The van der Waals surface area contributed by atoms with Crippen molar-refractivity contribution < 1.29 is 24.2 Å². The van der Waals surface area contributed by atoms with Gasteiger partial charge in [-0.25, -0.2) is 0 Å². The van der Waals surface area contributed by atoms with Crippen molar-refractivity contribution in [3.8, 4) is 5.75 Å². The quantitative estimate of drug-likeness (QED) is 0.549. The van der Waals surface area contributed by atoms with Crippen molar-refractivity contribution in [1.82, 2.24) is 4.90 Å². The molecule has 0 aliphatic rings. The normalized spacial score (nSPS) is 12.0. The topological polar surface area (TPSA) is 76.1 Å². The van der Waals surface area contributed by atoms with E-state index in [9.17, 15) is 9.59 Å². The molecule has 6 heteroatoms. The first kappa shape index (κ1) is 19.7. The summed E-state index contributed by atoms with van der Waals surface area (Å²) in [4.78, 5) is 25.5. The van der Waals surface area contributed by atoms with Crippen LogP contribution >= 0.6 is 0 Å². The molecule has 1 unspecified atom stereocenters. The largest absolute Gasteiger partial charge is 0.497 e. The minimum absolute atomic E-state index is 0.0179. The highest BCUT2D eigenvalue weighted by Crippen LogP contribution is 2.14. The van der Waals surface area contributed by atoms with Gasteiger partial charge in [0.05, 0.1) is 20.1 Å². The summed E-state index contributed by atoms with van der Waals surface area (Å²) in [5.74, 6) is -0.306. The van der Waals surface area contributed by atoms with Gasteiger partial charge in [-0.1, -0.05) is 19.1 Å². The van der Waals surface area contributed by atoms with Gasteiger partial charge in [0.1, 0.15) is 5.75 Å². The minimum atomic E-state index is -0.428. The fourth-order valence-corrected chi connectivity index (χ4v) is 2.18. The van der Waals surface area contributed by atoms with Crippen LogP contribution in [0.3, 0.4) is 0 Å². The number of carbonyl (C=O) groups is 2. The van der Waals surface area contributed by atoms with Gasteiger partial charge >= 0.3 is 5.97 Å². The molecule has 0 spiro atoms. The van der Waals surface area contributed by atoms with E-state index < -0.39 is 5.92 Å². The van der Waals surface area contributed by atoms with E-state index in [2.05, 4.69) is 0 Å². The lowest BCUT2D eigenvalue weighted by atomic mass is 10.1. The molecule has 0 aromatic heterocycles. The van der Waals surface area contributed by atoms with Crippen LogP contribution in [0.4, 0.5) is 0 Å². The lowest BCUT2D eigenvalue weighted by molar-refractivity contribution is -0.146. The van der Waals surface area contributed by atoms with Crippen LogP contribution in [-0.4, -0.2) is 55.8 Å². The van der Waals surface area contributed by atoms with Crippen LogP contribution in [0, 0.1) is 5.92 Å². The zero-order chi connectivity index (χ0) is 17.9. The molecule has 1 rings (SSSR count). The molecule has 132 valence electrons. The Bertz CT molecular complexity index is 570. The summed E-state index contributed by atoms with van der Waals surface area (Å²) < 4.78 is 9.84. The summed E-state index contributed by atoms with van der Waals surface area (Å²) in [6.45, 7) is 2.31. The van der Waals surface area contributed by atoms with Crippen molar-refractivity contribution >= 4 is 18.0 Å². The highest BCUT2D eigenvalue weighted by atomic mass is 16.5. The van der Waals surface area contributed by atoms with Crippen molar-refractivity contribution in [2.75, 3.05) is 33.9 Å². The molecule has 0 radical (unpaired) electrons. The van der Waals surface area contributed by atoms with Crippen LogP contribution in [0.15, 0.2) is 30.3 Å². The van der Waals surface area contributed by atoms with Crippen LogP contribution in [0.25, 0.3) is 6.08 Å². The van der Waals surface area contributed by atoms with E-state index >= 15 is 0 Å². The summed E-state index contributed by atoms with van der Waals surface area (Å²) in [6, 6.07) is 7.34. The summed E-state index contributed by atoms with van der Waals surface area (Å²) in [7, 11) is 2.90. The number of hydrogen-bond donors (Lipinski definition) is 1.